The number of aryl methyl sites for hydroxylation is 2. The predicted molar refractivity (Wildman–Crippen MR) is 120 cm³/mol. The fourth-order valence-corrected chi connectivity index (χ4v) is 3.37. The molecule has 160 valence electrons. The van der Waals surface area contributed by atoms with E-state index in [1.807, 2.05) is 32.0 Å². The monoisotopic (exact) mass is 410 g/mol. The summed E-state index contributed by atoms with van der Waals surface area (Å²) in [5.41, 5.74) is 3.69. The van der Waals surface area contributed by atoms with Crippen molar-refractivity contribution in [3.8, 4) is 5.75 Å². The Bertz CT molecular complexity index is 872. The SMILES string of the molecule is COc1cccc(C(=O)NC(=NCCN2CCOCC2)Nc2cc(C)cc(C)c2)c1. The number of methoxy groups -OCH3 is 1. The van der Waals surface area contributed by atoms with E-state index in [2.05, 4.69) is 26.6 Å². The summed E-state index contributed by atoms with van der Waals surface area (Å²) in [4.78, 5) is 19.7. The van der Waals surface area contributed by atoms with E-state index in [4.69, 9.17) is 9.47 Å². The van der Waals surface area contributed by atoms with Crippen molar-refractivity contribution >= 4 is 17.6 Å². The minimum atomic E-state index is -0.240. The van der Waals surface area contributed by atoms with E-state index in [1.165, 1.54) is 0 Å². The average Bonchev–Trinajstić information content (AvgIpc) is 2.73. The number of amides is 1. The molecule has 0 aliphatic carbocycles. The van der Waals surface area contributed by atoms with Crippen LogP contribution in [-0.4, -0.2) is 63.3 Å². The summed E-state index contributed by atoms with van der Waals surface area (Å²) in [6.45, 7) is 8.80. The average molecular weight is 411 g/mol. The Kier molecular flexibility index (Phi) is 7.82. The molecule has 0 atom stereocenters. The van der Waals surface area contributed by atoms with Crippen LogP contribution in [0.5, 0.6) is 5.75 Å². The number of nitrogens with one attached hydrogen (secondary N) is 2. The largest absolute Gasteiger partial charge is 0.497 e. The molecule has 0 spiro atoms. The second kappa shape index (κ2) is 10.8. The molecule has 1 aliphatic heterocycles. The third-order valence-electron chi connectivity index (χ3n) is 4.84. The number of nitrogens with zero attached hydrogens (tertiary/aromatic N) is 2. The molecule has 0 unspecified atom stereocenters. The van der Waals surface area contributed by atoms with E-state index in [-0.39, 0.29) is 5.91 Å². The molecule has 2 aromatic rings. The number of ether oxygens (including phenoxy) is 2. The molecular formula is C23H30N4O3. The van der Waals surface area contributed by atoms with Gasteiger partial charge in [0, 0.05) is 30.9 Å². The molecule has 3 rings (SSSR count). The standard InChI is InChI=1S/C23H30N4O3/c1-17-13-18(2)15-20(14-17)25-23(24-7-8-27-9-11-30-12-10-27)26-22(28)19-5-4-6-21(16-19)29-3/h4-6,13-16H,7-12H2,1-3H3,(H2,24,25,26,28). The summed E-state index contributed by atoms with van der Waals surface area (Å²) in [5.74, 6) is 0.827. The molecule has 1 fully saturated rings. The van der Waals surface area contributed by atoms with Gasteiger partial charge in [0.15, 0.2) is 0 Å². The number of hydrogen-bond acceptors (Lipinski definition) is 5. The van der Waals surface area contributed by atoms with Gasteiger partial charge in [-0.2, -0.15) is 0 Å². The highest BCUT2D eigenvalue weighted by atomic mass is 16.5. The Morgan fingerprint density at radius 1 is 1.13 bits per heavy atom. The van der Waals surface area contributed by atoms with Crippen LogP contribution in [0, 0.1) is 13.8 Å². The van der Waals surface area contributed by atoms with Crippen LogP contribution in [0.3, 0.4) is 0 Å². The van der Waals surface area contributed by atoms with Gasteiger partial charge in [0.2, 0.25) is 5.96 Å². The van der Waals surface area contributed by atoms with Crippen LogP contribution in [0.2, 0.25) is 0 Å². The summed E-state index contributed by atoms with van der Waals surface area (Å²) in [5, 5.41) is 6.18. The van der Waals surface area contributed by atoms with E-state index >= 15 is 0 Å². The van der Waals surface area contributed by atoms with Crippen molar-refractivity contribution in [2.24, 2.45) is 4.99 Å². The van der Waals surface area contributed by atoms with E-state index < -0.39 is 0 Å². The minimum Gasteiger partial charge on any atom is -0.497 e. The number of guanidine groups is 1. The molecule has 7 nitrogen and oxygen atoms in total. The maximum Gasteiger partial charge on any atom is 0.258 e. The Labute approximate surface area is 178 Å². The first-order valence-corrected chi connectivity index (χ1v) is 10.2. The van der Waals surface area contributed by atoms with Crippen molar-refractivity contribution in [2.75, 3.05) is 51.8 Å². The number of hydrogen-bond donors (Lipinski definition) is 2. The molecule has 2 aromatic carbocycles. The quantitative estimate of drug-likeness (QED) is 0.566. The zero-order valence-electron chi connectivity index (χ0n) is 17.9. The lowest BCUT2D eigenvalue weighted by atomic mass is 10.1. The molecule has 1 amide bonds. The Balaban J connectivity index is 1.73. The fraction of sp³-hybridized carbons (Fsp3) is 0.391. The molecule has 0 radical (unpaired) electrons. The molecule has 2 N–H and O–H groups in total. The lowest BCUT2D eigenvalue weighted by Gasteiger charge is -2.25. The van der Waals surface area contributed by atoms with Gasteiger partial charge in [-0.1, -0.05) is 12.1 Å². The molecule has 30 heavy (non-hydrogen) atoms. The Morgan fingerprint density at radius 2 is 1.87 bits per heavy atom. The van der Waals surface area contributed by atoms with Crippen LogP contribution in [0.1, 0.15) is 21.5 Å². The number of benzene rings is 2. The summed E-state index contributed by atoms with van der Waals surface area (Å²) in [6, 6.07) is 13.2. The highest BCUT2D eigenvalue weighted by Crippen LogP contribution is 2.15. The predicted octanol–water partition coefficient (Wildman–Crippen LogP) is 2.84. The van der Waals surface area contributed by atoms with Crippen molar-refractivity contribution in [1.29, 1.82) is 0 Å². The molecule has 0 aromatic heterocycles. The zero-order chi connectivity index (χ0) is 21.3. The molecule has 1 heterocycles. The smallest absolute Gasteiger partial charge is 0.258 e. The van der Waals surface area contributed by atoms with Crippen molar-refractivity contribution in [3.05, 3.63) is 59.2 Å². The first-order chi connectivity index (χ1) is 14.5. The third kappa shape index (κ3) is 6.57. The van der Waals surface area contributed by atoms with Gasteiger partial charge in [-0.05, 0) is 55.3 Å². The summed E-state index contributed by atoms with van der Waals surface area (Å²) < 4.78 is 10.6. The fourth-order valence-electron chi connectivity index (χ4n) is 3.37. The molecule has 1 saturated heterocycles. The molecule has 1 aliphatic rings. The normalized spacial score (nSPS) is 15.0. The lowest BCUT2D eigenvalue weighted by Crippen LogP contribution is -2.39. The number of aliphatic imine (C=N–C) groups is 1. The Morgan fingerprint density at radius 3 is 2.57 bits per heavy atom. The van der Waals surface area contributed by atoms with Crippen molar-refractivity contribution < 1.29 is 14.3 Å². The highest BCUT2D eigenvalue weighted by Gasteiger charge is 2.12. The van der Waals surface area contributed by atoms with Gasteiger partial charge in [0.1, 0.15) is 5.75 Å². The summed E-state index contributed by atoms with van der Waals surface area (Å²) in [7, 11) is 1.58. The first kappa shape index (κ1) is 21.8. The van der Waals surface area contributed by atoms with Crippen molar-refractivity contribution in [1.82, 2.24) is 10.2 Å². The van der Waals surface area contributed by atoms with Crippen LogP contribution in [0.4, 0.5) is 5.69 Å². The van der Waals surface area contributed by atoms with Gasteiger partial charge in [-0.25, -0.2) is 0 Å². The Hall–Kier alpha value is -2.90. The number of anilines is 1. The number of carbonyl (C=O) groups excluding carboxylic acids is 1. The van der Waals surface area contributed by atoms with Gasteiger partial charge in [-0.15, -0.1) is 0 Å². The van der Waals surface area contributed by atoms with Gasteiger partial charge in [0.25, 0.3) is 5.91 Å². The summed E-state index contributed by atoms with van der Waals surface area (Å²) in [6.07, 6.45) is 0. The minimum absolute atomic E-state index is 0.240. The highest BCUT2D eigenvalue weighted by molar-refractivity contribution is 6.10. The van der Waals surface area contributed by atoms with E-state index in [9.17, 15) is 4.79 Å². The number of rotatable bonds is 6. The molecular weight excluding hydrogens is 380 g/mol. The van der Waals surface area contributed by atoms with Crippen LogP contribution in [-0.2, 0) is 4.74 Å². The van der Waals surface area contributed by atoms with Crippen LogP contribution < -0.4 is 15.4 Å². The molecule has 0 bridgehead atoms. The molecule has 7 heteroatoms. The second-order valence-corrected chi connectivity index (χ2v) is 7.37. The maximum absolute atomic E-state index is 12.8. The third-order valence-corrected chi connectivity index (χ3v) is 4.84. The van der Waals surface area contributed by atoms with E-state index in [0.717, 1.165) is 49.7 Å². The number of morpholine rings is 1. The van der Waals surface area contributed by atoms with Gasteiger partial charge in [0.05, 0.1) is 26.9 Å². The lowest BCUT2D eigenvalue weighted by molar-refractivity contribution is 0.0394. The van der Waals surface area contributed by atoms with Crippen LogP contribution in [0.15, 0.2) is 47.5 Å². The van der Waals surface area contributed by atoms with Crippen molar-refractivity contribution in [3.63, 3.8) is 0 Å². The first-order valence-electron chi connectivity index (χ1n) is 10.2. The molecule has 0 saturated carbocycles. The maximum atomic E-state index is 12.8. The van der Waals surface area contributed by atoms with Crippen molar-refractivity contribution in [2.45, 2.75) is 13.8 Å². The topological polar surface area (TPSA) is 75.2 Å². The zero-order valence-corrected chi connectivity index (χ0v) is 17.9. The van der Waals surface area contributed by atoms with Gasteiger partial charge >= 0.3 is 0 Å². The van der Waals surface area contributed by atoms with Crippen LogP contribution >= 0.6 is 0 Å². The summed E-state index contributed by atoms with van der Waals surface area (Å²) >= 11 is 0. The van der Waals surface area contributed by atoms with Gasteiger partial charge < -0.3 is 14.8 Å². The van der Waals surface area contributed by atoms with E-state index in [1.54, 1.807) is 25.3 Å². The van der Waals surface area contributed by atoms with Crippen LogP contribution in [0.25, 0.3) is 0 Å². The van der Waals surface area contributed by atoms with Gasteiger partial charge in [-0.3, -0.25) is 20.0 Å². The van der Waals surface area contributed by atoms with E-state index in [0.29, 0.717) is 23.8 Å². The number of carbonyl (C=O) groups is 1. The second-order valence-electron chi connectivity index (χ2n) is 7.37.